The summed E-state index contributed by atoms with van der Waals surface area (Å²) < 4.78 is 12.9. The molecule has 0 aliphatic heterocycles. The molecule has 0 spiro atoms. The van der Waals surface area contributed by atoms with Crippen molar-refractivity contribution in [2.75, 3.05) is 13.2 Å². The molecule has 112 valence electrons. The van der Waals surface area contributed by atoms with Gasteiger partial charge >= 0.3 is 5.97 Å². The lowest BCUT2D eigenvalue weighted by Gasteiger charge is -2.13. The predicted molar refractivity (Wildman–Crippen MR) is 79.2 cm³/mol. The summed E-state index contributed by atoms with van der Waals surface area (Å²) in [5, 5.41) is 9.13. The third-order valence-electron chi connectivity index (χ3n) is 3.14. The van der Waals surface area contributed by atoms with Crippen molar-refractivity contribution in [2.24, 2.45) is 0 Å². The van der Waals surface area contributed by atoms with Crippen molar-refractivity contribution < 1.29 is 19.4 Å². The molecule has 0 aliphatic carbocycles. The Balaban J connectivity index is 2.02. The molecule has 1 N–H and O–H groups in total. The number of aromatic carboxylic acids is 1. The standard InChI is InChI=1S/C16H19NO4/c1-3-20-14-6-4-5-7-15(14)21-11-10-17-12(2)8-9-13(17)16(18)19/h4-9H,3,10-11H2,1-2H3,(H,18,19). The van der Waals surface area contributed by atoms with Crippen molar-refractivity contribution in [3.63, 3.8) is 0 Å². The summed E-state index contributed by atoms with van der Waals surface area (Å²) >= 11 is 0. The van der Waals surface area contributed by atoms with Crippen LogP contribution in [0, 0.1) is 6.92 Å². The highest BCUT2D eigenvalue weighted by molar-refractivity contribution is 5.86. The second kappa shape index (κ2) is 6.83. The van der Waals surface area contributed by atoms with Gasteiger partial charge in [-0.1, -0.05) is 12.1 Å². The van der Waals surface area contributed by atoms with Crippen LogP contribution >= 0.6 is 0 Å². The van der Waals surface area contributed by atoms with Crippen LogP contribution in [0.2, 0.25) is 0 Å². The first-order valence-corrected chi connectivity index (χ1v) is 6.87. The topological polar surface area (TPSA) is 60.7 Å². The molecule has 0 fully saturated rings. The third-order valence-corrected chi connectivity index (χ3v) is 3.14. The summed E-state index contributed by atoms with van der Waals surface area (Å²) in [6.45, 7) is 5.21. The molecule has 5 heteroatoms. The minimum atomic E-state index is -0.933. The van der Waals surface area contributed by atoms with Gasteiger partial charge in [-0.2, -0.15) is 0 Å². The molecular weight excluding hydrogens is 270 g/mol. The number of para-hydroxylation sites is 2. The number of hydrogen-bond acceptors (Lipinski definition) is 3. The van der Waals surface area contributed by atoms with Crippen molar-refractivity contribution in [2.45, 2.75) is 20.4 Å². The lowest BCUT2D eigenvalue weighted by Crippen LogP contribution is -2.15. The third kappa shape index (κ3) is 3.56. The van der Waals surface area contributed by atoms with Gasteiger partial charge in [-0.05, 0) is 38.1 Å². The quantitative estimate of drug-likeness (QED) is 0.851. The van der Waals surface area contributed by atoms with Gasteiger partial charge in [0.25, 0.3) is 0 Å². The molecule has 0 amide bonds. The van der Waals surface area contributed by atoms with Gasteiger partial charge in [-0.25, -0.2) is 4.79 Å². The Morgan fingerprint density at radius 2 is 1.81 bits per heavy atom. The number of benzene rings is 1. The van der Waals surface area contributed by atoms with Crippen LogP contribution in [-0.4, -0.2) is 28.9 Å². The fraction of sp³-hybridized carbons (Fsp3) is 0.312. The molecule has 2 aromatic rings. The number of hydrogen-bond donors (Lipinski definition) is 1. The maximum Gasteiger partial charge on any atom is 0.352 e. The van der Waals surface area contributed by atoms with Crippen LogP contribution in [0.4, 0.5) is 0 Å². The van der Waals surface area contributed by atoms with E-state index in [9.17, 15) is 4.79 Å². The molecule has 2 rings (SSSR count). The Labute approximate surface area is 123 Å². The lowest BCUT2D eigenvalue weighted by atomic mass is 10.3. The van der Waals surface area contributed by atoms with Crippen LogP contribution < -0.4 is 9.47 Å². The normalized spacial score (nSPS) is 10.4. The molecular formula is C16H19NO4. The molecule has 1 aromatic carbocycles. The molecule has 21 heavy (non-hydrogen) atoms. The number of carboxylic acids is 1. The zero-order valence-corrected chi connectivity index (χ0v) is 12.2. The van der Waals surface area contributed by atoms with Gasteiger partial charge in [-0.15, -0.1) is 0 Å². The number of aromatic nitrogens is 1. The highest BCUT2D eigenvalue weighted by Crippen LogP contribution is 2.26. The van der Waals surface area contributed by atoms with Crippen molar-refractivity contribution in [1.29, 1.82) is 0 Å². The molecule has 0 aliphatic rings. The van der Waals surface area contributed by atoms with Crippen LogP contribution in [0.25, 0.3) is 0 Å². The maximum absolute atomic E-state index is 11.1. The average Bonchev–Trinajstić information content (AvgIpc) is 2.83. The van der Waals surface area contributed by atoms with Gasteiger partial charge in [0, 0.05) is 5.69 Å². The minimum Gasteiger partial charge on any atom is -0.490 e. The van der Waals surface area contributed by atoms with E-state index in [1.54, 1.807) is 16.7 Å². The largest absolute Gasteiger partial charge is 0.490 e. The smallest absolute Gasteiger partial charge is 0.352 e. The van der Waals surface area contributed by atoms with Gasteiger partial charge in [0.2, 0.25) is 0 Å². The van der Waals surface area contributed by atoms with Gasteiger partial charge < -0.3 is 19.1 Å². The Morgan fingerprint density at radius 1 is 1.14 bits per heavy atom. The predicted octanol–water partition coefficient (Wildman–Crippen LogP) is 2.97. The first kappa shape index (κ1) is 15.0. The highest BCUT2D eigenvalue weighted by Gasteiger charge is 2.12. The van der Waals surface area contributed by atoms with E-state index in [1.165, 1.54) is 0 Å². The second-order valence-corrected chi connectivity index (χ2v) is 4.54. The Hall–Kier alpha value is -2.43. The lowest BCUT2D eigenvalue weighted by molar-refractivity contribution is 0.0683. The van der Waals surface area contributed by atoms with E-state index in [2.05, 4.69) is 0 Å². The van der Waals surface area contributed by atoms with E-state index in [0.717, 1.165) is 5.69 Å². The molecule has 0 radical (unpaired) electrons. The Morgan fingerprint density at radius 3 is 2.43 bits per heavy atom. The summed E-state index contributed by atoms with van der Waals surface area (Å²) in [6, 6.07) is 10.8. The summed E-state index contributed by atoms with van der Waals surface area (Å²) in [4.78, 5) is 11.1. The number of carbonyl (C=O) groups is 1. The molecule has 5 nitrogen and oxygen atoms in total. The number of nitrogens with zero attached hydrogens (tertiary/aromatic N) is 1. The van der Waals surface area contributed by atoms with Gasteiger partial charge in [0.15, 0.2) is 11.5 Å². The molecule has 0 unspecified atom stereocenters. The van der Waals surface area contributed by atoms with Crippen LogP contribution in [0.15, 0.2) is 36.4 Å². The molecule has 1 aromatic heterocycles. The van der Waals surface area contributed by atoms with Crippen LogP contribution in [0.1, 0.15) is 23.1 Å². The van der Waals surface area contributed by atoms with E-state index in [1.807, 2.05) is 38.1 Å². The summed E-state index contributed by atoms with van der Waals surface area (Å²) in [7, 11) is 0. The molecule has 0 saturated carbocycles. The fourth-order valence-electron chi connectivity index (χ4n) is 2.14. The fourth-order valence-corrected chi connectivity index (χ4v) is 2.14. The van der Waals surface area contributed by atoms with Crippen molar-refractivity contribution in [3.8, 4) is 11.5 Å². The number of ether oxygens (including phenoxy) is 2. The van der Waals surface area contributed by atoms with E-state index >= 15 is 0 Å². The zero-order valence-electron chi connectivity index (χ0n) is 12.2. The van der Waals surface area contributed by atoms with Crippen LogP contribution in [-0.2, 0) is 6.54 Å². The van der Waals surface area contributed by atoms with Gasteiger partial charge in [0.05, 0.1) is 13.2 Å². The van der Waals surface area contributed by atoms with E-state index < -0.39 is 5.97 Å². The van der Waals surface area contributed by atoms with Crippen molar-refractivity contribution in [3.05, 3.63) is 47.8 Å². The molecule has 0 atom stereocenters. The second-order valence-electron chi connectivity index (χ2n) is 4.54. The van der Waals surface area contributed by atoms with Crippen LogP contribution in [0.3, 0.4) is 0 Å². The number of aryl methyl sites for hydroxylation is 1. The summed E-state index contributed by atoms with van der Waals surface area (Å²) in [5.74, 6) is 0.432. The van der Waals surface area contributed by atoms with Crippen LogP contribution in [0.5, 0.6) is 11.5 Å². The van der Waals surface area contributed by atoms with E-state index in [0.29, 0.717) is 31.3 Å². The average molecular weight is 289 g/mol. The monoisotopic (exact) mass is 289 g/mol. The van der Waals surface area contributed by atoms with E-state index in [-0.39, 0.29) is 5.69 Å². The van der Waals surface area contributed by atoms with Gasteiger partial charge in [-0.3, -0.25) is 0 Å². The van der Waals surface area contributed by atoms with E-state index in [4.69, 9.17) is 14.6 Å². The molecule has 0 saturated heterocycles. The van der Waals surface area contributed by atoms with Crippen molar-refractivity contribution >= 4 is 5.97 Å². The first-order chi connectivity index (χ1) is 10.1. The zero-order chi connectivity index (χ0) is 15.2. The molecule has 0 bridgehead atoms. The Kier molecular flexibility index (Phi) is 4.87. The van der Waals surface area contributed by atoms with Gasteiger partial charge in [0.1, 0.15) is 12.3 Å². The summed E-state index contributed by atoms with van der Waals surface area (Å²) in [6.07, 6.45) is 0. The highest BCUT2D eigenvalue weighted by atomic mass is 16.5. The minimum absolute atomic E-state index is 0.272. The molecule has 1 heterocycles. The first-order valence-electron chi connectivity index (χ1n) is 6.87. The SMILES string of the molecule is CCOc1ccccc1OCCn1c(C)ccc1C(=O)O. The number of carboxylic acid groups (broad SMARTS) is 1. The number of rotatable bonds is 7. The Bertz CT molecular complexity index is 618. The maximum atomic E-state index is 11.1. The summed E-state index contributed by atoms with van der Waals surface area (Å²) in [5.41, 5.74) is 1.17. The van der Waals surface area contributed by atoms with Crippen molar-refractivity contribution in [1.82, 2.24) is 4.57 Å².